The van der Waals surface area contributed by atoms with E-state index in [4.69, 9.17) is 4.74 Å². The topological polar surface area (TPSA) is 38.3 Å². The Labute approximate surface area is 117 Å². The molecule has 1 saturated heterocycles. The van der Waals surface area contributed by atoms with Gasteiger partial charge < -0.3 is 10.1 Å². The normalized spacial score (nSPS) is 16.6. The highest BCUT2D eigenvalue weighted by Gasteiger charge is 2.13. The van der Waals surface area contributed by atoms with Crippen LogP contribution in [0.3, 0.4) is 0 Å². The molecule has 108 valence electrons. The summed E-state index contributed by atoms with van der Waals surface area (Å²) < 4.78 is 5.29. The number of carbonyl (C=O) groups is 1. The first-order valence-electron chi connectivity index (χ1n) is 7.46. The minimum absolute atomic E-state index is 0.0394. The molecule has 1 heterocycles. The van der Waals surface area contributed by atoms with Gasteiger partial charge in [-0.05, 0) is 50.5 Å². The van der Waals surface area contributed by atoms with E-state index >= 15 is 0 Å². The summed E-state index contributed by atoms with van der Waals surface area (Å²) in [7, 11) is 0. The van der Waals surface area contributed by atoms with Gasteiger partial charge >= 0.3 is 0 Å². The lowest BCUT2D eigenvalue weighted by molar-refractivity contribution is -0.116. The largest absolute Gasteiger partial charge is 0.381 e. The zero-order valence-electron chi connectivity index (χ0n) is 11.9. The Hall–Kier alpha value is -1.09. The van der Waals surface area contributed by atoms with Crippen molar-refractivity contribution in [3.05, 3.63) is 24.8 Å². The Balaban J connectivity index is 1.98. The second-order valence-corrected chi connectivity index (χ2v) is 5.13. The number of amides is 1. The number of carbonyl (C=O) groups excluding carboxylic acids is 1. The average Bonchev–Trinajstić information content (AvgIpc) is 2.45. The number of ether oxygens (including phenoxy) is 1. The fourth-order valence-corrected chi connectivity index (χ4v) is 2.17. The van der Waals surface area contributed by atoms with Crippen LogP contribution in [-0.2, 0) is 9.53 Å². The quantitative estimate of drug-likeness (QED) is 0.395. The molecular weight excluding hydrogens is 238 g/mol. The van der Waals surface area contributed by atoms with Crippen molar-refractivity contribution in [1.82, 2.24) is 5.32 Å². The first-order chi connectivity index (χ1) is 9.33. The highest BCUT2D eigenvalue weighted by molar-refractivity contribution is 5.87. The van der Waals surface area contributed by atoms with E-state index in [9.17, 15) is 4.79 Å². The SMILES string of the molecule is C=CCCCCC/C=C/C(=O)NCC1CCOCC1. The van der Waals surface area contributed by atoms with E-state index in [-0.39, 0.29) is 5.91 Å². The van der Waals surface area contributed by atoms with Crippen LogP contribution in [-0.4, -0.2) is 25.7 Å². The Bertz CT molecular complexity index is 280. The second kappa shape index (κ2) is 10.8. The lowest BCUT2D eigenvalue weighted by Gasteiger charge is -2.21. The molecule has 1 N–H and O–H groups in total. The van der Waals surface area contributed by atoms with Crippen molar-refractivity contribution in [2.75, 3.05) is 19.8 Å². The number of nitrogens with one attached hydrogen (secondary N) is 1. The molecule has 1 amide bonds. The molecule has 0 bridgehead atoms. The van der Waals surface area contributed by atoms with Gasteiger partial charge in [-0.25, -0.2) is 0 Å². The predicted octanol–water partition coefficient (Wildman–Crippen LogP) is 3.22. The Morgan fingerprint density at radius 2 is 1.95 bits per heavy atom. The fraction of sp³-hybridized carbons (Fsp3) is 0.688. The van der Waals surface area contributed by atoms with Crippen molar-refractivity contribution in [3.8, 4) is 0 Å². The summed E-state index contributed by atoms with van der Waals surface area (Å²) in [5.41, 5.74) is 0. The van der Waals surface area contributed by atoms with E-state index in [2.05, 4.69) is 11.9 Å². The fourth-order valence-electron chi connectivity index (χ4n) is 2.17. The van der Waals surface area contributed by atoms with Gasteiger partial charge in [0.25, 0.3) is 0 Å². The maximum atomic E-state index is 11.6. The first-order valence-corrected chi connectivity index (χ1v) is 7.46. The third-order valence-corrected chi connectivity index (χ3v) is 3.45. The molecule has 0 saturated carbocycles. The minimum atomic E-state index is 0.0394. The molecule has 0 spiro atoms. The van der Waals surface area contributed by atoms with Gasteiger partial charge in [-0.2, -0.15) is 0 Å². The summed E-state index contributed by atoms with van der Waals surface area (Å²) in [6, 6.07) is 0. The van der Waals surface area contributed by atoms with Crippen LogP contribution in [0.5, 0.6) is 0 Å². The Kier molecular flexibility index (Phi) is 9.07. The van der Waals surface area contributed by atoms with Crippen molar-refractivity contribution in [2.45, 2.75) is 44.9 Å². The number of hydrogen-bond donors (Lipinski definition) is 1. The summed E-state index contributed by atoms with van der Waals surface area (Å²) >= 11 is 0. The van der Waals surface area contributed by atoms with Crippen molar-refractivity contribution in [2.24, 2.45) is 5.92 Å². The van der Waals surface area contributed by atoms with E-state index in [0.717, 1.165) is 51.9 Å². The minimum Gasteiger partial charge on any atom is -0.381 e. The first kappa shape index (κ1) is 16.0. The molecule has 1 aliphatic heterocycles. The van der Waals surface area contributed by atoms with Crippen LogP contribution in [0.1, 0.15) is 44.9 Å². The van der Waals surface area contributed by atoms with Gasteiger partial charge in [0.05, 0.1) is 0 Å². The zero-order chi connectivity index (χ0) is 13.8. The third-order valence-electron chi connectivity index (χ3n) is 3.45. The third kappa shape index (κ3) is 8.60. The van der Waals surface area contributed by atoms with Crippen molar-refractivity contribution in [3.63, 3.8) is 0 Å². The molecule has 0 aromatic rings. The Morgan fingerprint density at radius 3 is 2.68 bits per heavy atom. The number of rotatable bonds is 9. The molecule has 0 aromatic heterocycles. The van der Waals surface area contributed by atoms with Gasteiger partial charge in [-0.3, -0.25) is 4.79 Å². The van der Waals surface area contributed by atoms with Gasteiger partial charge in [0, 0.05) is 19.8 Å². The van der Waals surface area contributed by atoms with Crippen LogP contribution in [0, 0.1) is 5.92 Å². The molecule has 3 nitrogen and oxygen atoms in total. The van der Waals surface area contributed by atoms with Crippen molar-refractivity contribution < 1.29 is 9.53 Å². The molecule has 1 rings (SSSR count). The van der Waals surface area contributed by atoms with Gasteiger partial charge in [0.15, 0.2) is 0 Å². The summed E-state index contributed by atoms with van der Waals surface area (Å²) in [4.78, 5) is 11.6. The molecular formula is C16H27NO2. The molecule has 0 unspecified atom stereocenters. The lowest BCUT2D eigenvalue weighted by atomic mass is 10.0. The Morgan fingerprint density at radius 1 is 1.21 bits per heavy atom. The molecule has 1 aliphatic rings. The van der Waals surface area contributed by atoms with Crippen LogP contribution in [0.4, 0.5) is 0 Å². The van der Waals surface area contributed by atoms with Crippen LogP contribution in [0.25, 0.3) is 0 Å². The molecule has 1 fully saturated rings. The summed E-state index contributed by atoms with van der Waals surface area (Å²) in [6.45, 7) is 6.15. The smallest absolute Gasteiger partial charge is 0.243 e. The van der Waals surface area contributed by atoms with Gasteiger partial charge in [0.2, 0.25) is 5.91 Å². The predicted molar refractivity (Wildman–Crippen MR) is 79.0 cm³/mol. The summed E-state index contributed by atoms with van der Waals surface area (Å²) in [5.74, 6) is 0.627. The molecule has 0 radical (unpaired) electrons. The number of unbranched alkanes of at least 4 members (excludes halogenated alkanes) is 4. The van der Waals surface area contributed by atoms with Crippen LogP contribution in [0.2, 0.25) is 0 Å². The van der Waals surface area contributed by atoms with E-state index in [1.165, 1.54) is 12.8 Å². The van der Waals surface area contributed by atoms with Crippen LogP contribution >= 0.6 is 0 Å². The van der Waals surface area contributed by atoms with Gasteiger partial charge in [0.1, 0.15) is 0 Å². The molecule has 3 heteroatoms. The highest BCUT2D eigenvalue weighted by atomic mass is 16.5. The van der Waals surface area contributed by atoms with Crippen LogP contribution in [0.15, 0.2) is 24.8 Å². The average molecular weight is 265 g/mol. The van der Waals surface area contributed by atoms with Crippen molar-refractivity contribution in [1.29, 1.82) is 0 Å². The standard InChI is InChI=1S/C16H27NO2/c1-2-3-4-5-6-7-8-9-16(18)17-14-15-10-12-19-13-11-15/h2,8-9,15H,1,3-7,10-14H2,(H,17,18)/b9-8+. The van der Waals surface area contributed by atoms with Crippen LogP contribution < -0.4 is 5.32 Å². The number of allylic oxidation sites excluding steroid dienone is 2. The maximum Gasteiger partial charge on any atom is 0.243 e. The molecule has 0 atom stereocenters. The molecule has 0 aliphatic carbocycles. The lowest BCUT2D eigenvalue weighted by Crippen LogP contribution is -2.31. The monoisotopic (exact) mass is 265 g/mol. The number of hydrogen-bond acceptors (Lipinski definition) is 2. The maximum absolute atomic E-state index is 11.6. The summed E-state index contributed by atoms with van der Waals surface area (Å²) in [5, 5.41) is 2.97. The second-order valence-electron chi connectivity index (χ2n) is 5.13. The van der Waals surface area contributed by atoms with Gasteiger partial charge in [-0.15, -0.1) is 6.58 Å². The molecule has 0 aromatic carbocycles. The van der Waals surface area contributed by atoms with Crippen molar-refractivity contribution >= 4 is 5.91 Å². The van der Waals surface area contributed by atoms with E-state index in [1.807, 2.05) is 12.2 Å². The molecule has 19 heavy (non-hydrogen) atoms. The zero-order valence-corrected chi connectivity index (χ0v) is 11.9. The van der Waals surface area contributed by atoms with E-state index < -0.39 is 0 Å². The van der Waals surface area contributed by atoms with E-state index in [1.54, 1.807) is 6.08 Å². The highest BCUT2D eigenvalue weighted by Crippen LogP contribution is 2.13. The van der Waals surface area contributed by atoms with E-state index in [0.29, 0.717) is 5.92 Å². The summed E-state index contributed by atoms with van der Waals surface area (Å²) in [6.07, 6.45) is 13.4. The van der Waals surface area contributed by atoms with Gasteiger partial charge in [-0.1, -0.05) is 18.6 Å².